The minimum Gasteiger partial charge on any atom is -0.313 e. The molecule has 2 heterocycles. The van der Waals surface area contributed by atoms with Crippen molar-refractivity contribution in [1.29, 1.82) is 0 Å². The molecule has 1 unspecified atom stereocenters. The fourth-order valence-electron chi connectivity index (χ4n) is 2.23. The van der Waals surface area contributed by atoms with Gasteiger partial charge in [0.15, 0.2) is 0 Å². The van der Waals surface area contributed by atoms with E-state index in [9.17, 15) is 0 Å². The van der Waals surface area contributed by atoms with Crippen molar-refractivity contribution in [3.05, 3.63) is 46.0 Å². The van der Waals surface area contributed by atoms with Gasteiger partial charge in [0.05, 0.1) is 15.9 Å². The van der Waals surface area contributed by atoms with E-state index in [0.29, 0.717) is 0 Å². The molecule has 0 saturated heterocycles. The van der Waals surface area contributed by atoms with Gasteiger partial charge in [0.25, 0.3) is 0 Å². The third-order valence-electron chi connectivity index (χ3n) is 3.29. The Balaban J connectivity index is 2.29. The molecule has 0 saturated carbocycles. The van der Waals surface area contributed by atoms with E-state index in [-0.39, 0.29) is 6.04 Å². The van der Waals surface area contributed by atoms with Crippen LogP contribution in [0.2, 0.25) is 0 Å². The number of hydrogen-bond donors (Lipinski definition) is 1. The molecule has 0 bridgehead atoms. The van der Waals surface area contributed by atoms with Gasteiger partial charge in [-0.2, -0.15) is 5.10 Å². The largest absolute Gasteiger partial charge is 0.313 e. The van der Waals surface area contributed by atoms with Crippen molar-refractivity contribution in [2.24, 2.45) is 0 Å². The summed E-state index contributed by atoms with van der Waals surface area (Å²) in [5, 5.41) is 7.89. The number of halogens is 1. The van der Waals surface area contributed by atoms with E-state index in [0.717, 1.165) is 23.1 Å². The fourth-order valence-corrected chi connectivity index (χ4v) is 2.67. The number of nitrogens with one attached hydrogen (secondary N) is 1. The van der Waals surface area contributed by atoms with Crippen LogP contribution in [0.3, 0.4) is 0 Å². The second-order valence-electron chi connectivity index (χ2n) is 4.49. The first kappa shape index (κ1) is 14.2. The Morgan fingerprint density at radius 1 is 1.47 bits per heavy atom. The van der Waals surface area contributed by atoms with Gasteiger partial charge < -0.3 is 5.32 Å². The highest BCUT2D eigenvalue weighted by Gasteiger charge is 2.17. The van der Waals surface area contributed by atoms with Crippen molar-refractivity contribution in [3.63, 3.8) is 0 Å². The Labute approximate surface area is 122 Å². The van der Waals surface area contributed by atoms with Gasteiger partial charge in [-0.05, 0) is 48.5 Å². The lowest BCUT2D eigenvalue weighted by Crippen LogP contribution is -2.20. The lowest BCUT2D eigenvalue weighted by Gasteiger charge is -2.17. The van der Waals surface area contributed by atoms with Crippen LogP contribution >= 0.6 is 15.9 Å². The molecule has 0 aliphatic heterocycles. The van der Waals surface area contributed by atoms with Crippen LogP contribution in [0.15, 0.2) is 29.0 Å². The summed E-state index contributed by atoms with van der Waals surface area (Å²) in [5.74, 6) is 0. The molecule has 1 N–H and O–H groups in total. The monoisotopic (exact) mass is 322 g/mol. The second-order valence-corrected chi connectivity index (χ2v) is 5.29. The number of aryl methyl sites for hydroxylation is 2. The molecule has 0 aliphatic carbocycles. The van der Waals surface area contributed by atoms with Crippen molar-refractivity contribution in [1.82, 2.24) is 20.1 Å². The van der Waals surface area contributed by atoms with E-state index < -0.39 is 0 Å². The molecule has 19 heavy (non-hydrogen) atoms. The first-order chi connectivity index (χ1) is 9.17. The SMILES string of the molecule is CCn1nc(C)c(Br)c1CC(NC)c1cccnc1. The lowest BCUT2D eigenvalue weighted by atomic mass is 10.0. The van der Waals surface area contributed by atoms with Crippen LogP contribution < -0.4 is 5.32 Å². The zero-order valence-corrected chi connectivity index (χ0v) is 13.1. The Bertz CT molecular complexity index is 536. The highest BCUT2D eigenvalue weighted by atomic mass is 79.9. The molecule has 2 aromatic rings. The van der Waals surface area contributed by atoms with Gasteiger partial charge in [0, 0.05) is 31.4 Å². The summed E-state index contributed by atoms with van der Waals surface area (Å²) < 4.78 is 3.17. The number of pyridine rings is 1. The number of aromatic nitrogens is 3. The van der Waals surface area contributed by atoms with E-state index in [4.69, 9.17) is 0 Å². The summed E-state index contributed by atoms with van der Waals surface area (Å²) in [5.41, 5.74) is 3.46. The summed E-state index contributed by atoms with van der Waals surface area (Å²) in [7, 11) is 1.98. The molecule has 102 valence electrons. The first-order valence-electron chi connectivity index (χ1n) is 6.46. The average molecular weight is 323 g/mol. The maximum atomic E-state index is 4.54. The Kier molecular flexibility index (Phi) is 4.71. The lowest BCUT2D eigenvalue weighted by molar-refractivity contribution is 0.539. The smallest absolute Gasteiger partial charge is 0.0738 e. The van der Waals surface area contributed by atoms with Crippen LogP contribution in [0.5, 0.6) is 0 Å². The van der Waals surface area contributed by atoms with Crippen molar-refractivity contribution in [3.8, 4) is 0 Å². The topological polar surface area (TPSA) is 42.7 Å². The highest BCUT2D eigenvalue weighted by molar-refractivity contribution is 9.10. The Morgan fingerprint density at radius 3 is 2.84 bits per heavy atom. The van der Waals surface area contributed by atoms with Crippen LogP contribution in [0, 0.1) is 6.92 Å². The van der Waals surface area contributed by atoms with Crippen LogP contribution in [0.1, 0.15) is 29.9 Å². The Morgan fingerprint density at radius 2 is 2.26 bits per heavy atom. The summed E-state index contributed by atoms with van der Waals surface area (Å²) in [4.78, 5) is 4.19. The van der Waals surface area contributed by atoms with E-state index in [1.54, 1.807) is 6.20 Å². The van der Waals surface area contributed by atoms with Crippen molar-refractivity contribution >= 4 is 15.9 Å². The molecule has 2 aromatic heterocycles. The molecule has 0 spiro atoms. The maximum Gasteiger partial charge on any atom is 0.0738 e. The van der Waals surface area contributed by atoms with E-state index >= 15 is 0 Å². The van der Waals surface area contributed by atoms with Gasteiger partial charge in [0.1, 0.15) is 0 Å². The van der Waals surface area contributed by atoms with Crippen molar-refractivity contribution < 1.29 is 0 Å². The third-order valence-corrected chi connectivity index (χ3v) is 4.32. The first-order valence-corrected chi connectivity index (χ1v) is 7.25. The molecule has 0 amide bonds. The van der Waals surface area contributed by atoms with E-state index in [1.165, 1.54) is 11.3 Å². The molecule has 1 atom stereocenters. The predicted octanol–water partition coefficient (Wildman–Crippen LogP) is 2.87. The van der Waals surface area contributed by atoms with Crippen LogP contribution in [0.4, 0.5) is 0 Å². The van der Waals surface area contributed by atoms with Gasteiger partial charge in [-0.15, -0.1) is 0 Å². The normalized spacial score (nSPS) is 12.6. The van der Waals surface area contributed by atoms with Crippen molar-refractivity contribution in [2.75, 3.05) is 7.05 Å². The zero-order valence-electron chi connectivity index (χ0n) is 11.5. The molecular weight excluding hydrogens is 304 g/mol. The fraction of sp³-hybridized carbons (Fsp3) is 0.429. The van der Waals surface area contributed by atoms with Crippen molar-refractivity contribution in [2.45, 2.75) is 32.9 Å². The number of hydrogen-bond acceptors (Lipinski definition) is 3. The summed E-state index contributed by atoms with van der Waals surface area (Å²) in [6.45, 7) is 5.02. The van der Waals surface area contributed by atoms with Gasteiger partial charge in [0.2, 0.25) is 0 Å². The van der Waals surface area contributed by atoms with Gasteiger partial charge in [-0.3, -0.25) is 9.67 Å². The Hall–Kier alpha value is -1.20. The van der Waals surface area contributed by atoms with Crippen LogP contribution in [0.25, 0.3) is 0 Å². The van der Waals surface area contributed by atoms with Gasteiger partial charge in [-0.1, -0.05) is 6.07 Å². The average Bonchev–Trinajstić information content (AvgIpc) is 2.72. The summed E-state index contributed by atoms with van der Waals surface area (Å²) >= 11 is 3.65. The molecule has 2 rings (SSSR count). The molecule has 0 aromatic carbocycles. The molecule has 0 radical (unpaired) electrons. The van der Waals surface area contributed by atoms with E-state index in [2.05, 4.69) is 49.0 Å². The third kappa shape index (κ3) is 3.04. The minimum atomic E-state index is 0.242. The molecule has 4 nitrogen and oxygen atoms in total. The van der Waals surface area contributed by atoms with Crippen LogP contribution in [-0.4, -0.2) is 21.8 Å². The van der Waals surface area contributed by atoms with Gasteiger partial charge in [-0.25, -0.2) is 0 Å². The molecule has 0 fully saturated rings. The summed E-state index contributed by atoms with van der Waals surface area (Å²) in [6, 6.07) is 4.31. The summed E-state index contributed by atoms with van der Waals surface area (Å²) in [6.07, 6.45) is 4.60. The van der Waals surface area contributed by atoms with Crippen LogP contribution in [-0.2, 0) is 13.0 Å². The predicted molar refractivity (Wildman–Crippen MR) is 80.1 cm³/mol. The quantitative estimate of drug-likeness (QED) is 0.920. The minimum absolute atomic E-state index is 0.242. The highest BCUT2D eigenvalue weighted by Crippen LogP contribution is 2.26. The molecular formula is C14H19BrN4. The maximum absolute atomic E-state index is 4.54. The number of rotatable bonds is 5. The second kappa shape index (κ2) is 6.30. The molecule has 5 heteroatoms. The number of likely N-dealkylation sites (N-methyl/N-ethyl adjacent to an activating group) is 1. The van der Waals surface area contributed by atoms with E-state index in [1.807, 2.05) is 26.2 Å². The standard InChI is InChI=1S/C14H19BrN4/c1-4-19-13(14(15)10(2)18-19)8-12(16-3)11-6-5-7-17-9-11/h5-7,9,12,16H,4,8H2,1-3H3. The number of nitrogens with zero attached hydrogens (tertiary/aromatic N) is 3. The van der Waals surface area contributed by atoms with Gasteiger partial charge >= 0.3 is 0 Å². The zero-order chi connectivity index (χ0) is 13.8. The molecule has 0 aliphatic rings.